The number of para-hydroxylation sites is 1. The summed E-state index contributed by atoms with van der Waals surface area (Å²) in [6, 6.07) is 14.2. The van der Waals surface area contributed by atoms with Crippen molar-refractivity contribution in [2.75, 3.05) is 0 Å². The summed E-state index contributed by atoms with van der Waals surface area (Å²) in [6.45, 7) is 0. The molecule has 2 aromatic carbocycles. The van der Waals surface area contributed by atoms with Crippen molar-refractivity contribution in [3.05, 3.63) is 75.1 Å². The molecule has 0 fully saturated rings. The highest BCUT2D eigenvalue weighted by atomic mass is 35.5. The monoisotopic (exact) mass is 396 g/mol. The second kappa shape index (κ2) is 5.97. The Balaban J connectivity index is 1.77. The zero-order valence-electron chi connectivity index (χ0n) is 13.6. The van der Waals surface area contributed by atoms with E-state index >= 15 is 0 Å². The van der Waals surface area contributed by atoms with Gasteiger partial charge in [-0.1, -0.05) is 46.6 Å². The quantitative estimate of drug-likeness (QED) is 0.464. The summed E-state index contributed by atoms with van der Waals surface area (Å²) < 4.78 is 6.68. The van der Waals surface area contributed by atoms with Crippen LogP contribution >= 0.6 is 23.2 Å². The number of halogens is 2. The molecule has 3 heterocycles. The Labute approximate surface area is 161 Å². The maximum Gasteiger partial charge on any atom is 0.274 e. The van der Waals surface area contributed by atoms with E-state index in [2.05, 4.69) is 15.2 Å². The Kier molecular flexibility index (Phi) is 3.56. The van der Waals surface area contributed by atoms with Crippen molar-refractivity contribution in [1.82, 2.24) is 19.8 Å². The number of H-pyrrole nitrogens is 1. The van der Waals surface area contributed by atoms with Crippen molar-refractivity contribution in [3.63, 3.8) is 0 Å². The van der Waals surface area contributed by atoms with Gasteiger partial charge in [0.05, 0.1) is 27.5 Å². The number of fused-ring (bicyclic) bond motifs is 2. The Morgan fingerprint density at radius 2 is 1.89 bits per heavy atom. The third kappa shape index (κ3) is 2.53. The van der Waals surface area contributed by atoms with Crippen molar-refractivity contribution in [1.29, 1.82) is 0 Å². The molecule has 0 unspecified atom stereocenters. The number of nitrogens with zero attached hydrogens (tertiary/aromatic N) is 3. The lowest BCUT2D eigenvalue weighted by atomic mass is 10.1. The summed E-state index contributed by atoms with van der Waals surface area (Å²) in [4.78, 5) is 15.8. The van der Waals surface area contributed by atoms with Crippen LogP contribution in [-0.4, -0.2) is 19.8 Å². The average molecular weight is 397 g/mol. The number of hydrogen-bond acceptors (Lipinski definition) is 4. The molecule has 0 atom stereocenters. The molecule has 1 N–H and O–H groups in total. The van der Waals surface area contributed by atoms with E-state index in [1.807, 2.05) is 24.3 Å². The third-order valence-corrected chi connectivity index (χ3v) is 5.10. The van der Waals surface area contributed by atoms with E-state index in [1.165, 1.54) is 10.6 Å². The summed E-state index contributed by atoms with van der Waals surface area (Å²) >= 11 is 12.1. The van der Waals surface area contributed by atoms with Crippen LogP contribution in [0.15, 0.2) is 64.0 Å². The maximum atomic E-state index is 12.5. The molecule has 0 bridgehead atoms. The van der Waals surface area contributed by atoms with Crippen molar-refractivity contribution >= 4 is 39.8 Å². The highest BCUT2D eigenvalue weighted by Gasteiger charge is 2.17. The Morgan fingerprint density at radius 3 is 2.74 bits per heavy atom. The predicted octanol–water partition coefficient (Wildman–Crippen LogP) is 4.80. The molecule has 0 aliphatic carbocycles. The van der Waals surface area contributed by atoms with Gasteiger partial charge in [0.1, 0.15) is 11.3 Å². The fourth-order valence-electron chi connectivity index (χ4n) is 3.06. The van der Waals surface area contributed by atoms with Gasteiger partial charge in [-0.05, 0) is 29.8 Å². The lowest BCUT2D eigenvalue weighted by molar-refractivity contribution is 0.459. The van der Waals surface area contributed by atoms with Crippen molar-refractivity contribution < 1.29 is 4.52 Å². The molecule has 3 aromatic heterocycles. The van der Waals surface area contributed by atoms with Gasteiger partial charge >= 0.3 is 0 Å². The first-order valence-corrected chi connectivity index (χ1v) is 8.79. The van der Waals surface area contributed by atoms with Gasteiger partial charge in [0, 0.05) is 11.5 Å². The van der Waals surface area contributed by atoms with Crippen molar-refractivity contribution in [2.45, 2.75) is 0 Å². The number of benzene rings is 2. The van der Waals surface area contributed by atoms with Gasteiger partial charge in [0.25, 0.3) is 5.56 Å². The second-order valence-electron chi connectivity index (χ2n) is 6.00. The molecule has 5 rings (SSSR count). The van der Waals surface area contributed by atoms with Gasteiger partial charge in [-0.15, -0.1) is 0 Å². The standard InChI is InChI=1S/C19H10Cl2N4O2/c20-13-6-5-10(7-14(13)21)15-8-17(26)25-19(23-15)12(9-22-25)18-11-3-1-2-4-16(11)27-24-18/h1-9,23H. The topological polar surface area (TPSA) is 76.2 Å². The van der Waals surface area contributed by atoms with E-state index in [1.54, 1.807) is 24.4 Å². The normalized spacial score (nSPS) is 11.5. The number of hydrogen-bond donors (Lipinski definition) is 1. The maximum absolute atomic E-state index is 12.5. The molecule has 0 aliphatic rings. The number of rotatable bonds is 2. The summed E-state index contributed by atoms with van der Waals surface area (Å²) in [5, 5.41) is 10.0. The molecule has 0 aliphatic heterocycles. The van der Waals surface area contributed by atoms with E-state index in [0.29, 0.717) is 38.2 Å². The molecule has 0 saturated heterocycles. The lowest BCUT2D eigenvalue weighted by Gasteiger charge is -2.05. The Morgan fingerprint density at radius 1 is 1.04 bits per heavy atom. The molecular weight excluding hydrogens is 387 g/mol. The molecule has 0 spiro atoms. The molecule has 5 aromatic rings. The van der Waals surface area contributed by atoms with E-state index in [-0.39, 0.29) is 5.56 Å². The first-order chi connectivity index (χ1) is 13.1. The Hall–Kier alpha value is -3.09. The van der Waals surface area contributed by atoms with Gasteiger partial charge < -0.3 is 9.51 Å². The van der Waals surface area contributed by atoms with Gasteiger partial charge in [-0.3, -0.25) is 4.79 Å². The van der Waals surface area contributed by atoms with Crippen LogP contribution < -0.4 is 5.56 Å². The molecule has 132 valence electrons. The fourth-order valence-corrected chi connectivity index (χ4v) is 3.35. The summed E-state index contributed by atoms with van der Waals surface area (Å²) in [6.07, 6.45) is 1.59. The molecule has 0 amide bonds. The van der Waals surface area contributed by atoms with Crippen LogP contribution in [0.4, 0.5) is 0 Å². The average Bonchev–Trinajstić information content (AvgIpc) is 3.28. The van der Waals surface area contributed by atoms with E-state index in [0.717, 1.165) is 10.9 Å². The van der Waals surface area contributed by atoms with Gasteiger partial charge in [0.15, 0.2) is 5.58 Å². The zero-order valence-corrected chi connectivity index (χ0v) is 15.1. The van der Waals surface area contributed by atoms with Crippen LogP contribution in [0.5, 0.6) is 0 Å². The van der Waals surface area contributed by atoms with Crippen LogP contribution in [-0.2, 0) is 0 Å². The highest BCUT2D eigenvalue weighted by molar-refractivity contribution is 6.42. The molecular formula is C19H10Cl2N4O2. The minimum absolute atomic E-state index is 0.274. The van der Waals surface area contributed by atoms with Gasteiger partial charge in [0.2, 0.25) is 0 Å². The molecule has 0 radical (unpaired) electrons. The van der Waals surface area contributed by atoms with Crippen LogP contribution in [0, 0.1) is 0 Å². The molecule has 6 nitrogen and oxygen atoms in total. The molecule has 0 saturated carbocycles. The highest BCUT2D eigenvalue weighted by Crippen LogP contribution is 2.31. The first-order valence-electron chi connectivity index (χ1n) is 8.03. The van der Waals surface area contributed by atoms with Gasteiger partial charge in [-0.25, -0.2) is 0 Å². The van der Waals surface area contributed by atoms with Crippen molar-refractivity contribution in [3.8, 4) is 22.5 Å². The lowest BCUT2D eigenvalue weighted by Crippen LogP contribution is -2.14. The predicted molar refractivity (Wildman–Crippen MR) is 104 cm³/mol. The number of nitrogens with one attached hydrogen (secondary N) is 1. The van der Waals surface area contributed by atoms with E-state index in [9.17, 15) is 4.79 Å². The molecule has 8 heteroatoms. The van der Waals surface area contributed by atoms with Crippen LogP contribution in [0.1, 0.15) is 0 Å². The van der Waals surface area contributed by atoms with E-state index in [4.69, 9.17) is 27.7 Å². The minimum Gasteiger partial charge on any atom is -0.356 e. The zero-order chi connectivity index (χ0) is 18.5. The van der Waals surface area contributed by atoms with Crippen LogP contribution in [0.25, 0.3) is 39.1 Å². The van der Waals surface area contributed by atoms with Crippen LogP contribution in [0.3, 0.4) is 0 Å². The first kappa shape index (κ1) is 16.1. The van der Waals surface area contributed by atoms with Gasteiger partial charge in [-0.2, -0.15) is 9.61 Å². The second-order valence-corrected chi connectivity index (χ2v) is 6.81. The number of aromatic nitrogens is 4. The SMILES string of the molecule is O=c1cc(-c2ccc(Cl)c(Cl)c2)[nH]c2c(-c3noc4ccccc34)cnn12. The number of aromatic amines is 1. The van der Waals surface area contributed by atoms with E-state index < -0.39 is 0 Å². The van der Waals surface area contributed by atoms with Crippen LogP contribution in [0.2, 0.25) is 10.0 Å². The summed E-state index contributed by atoms with van der Waals surface area (Å²) in [5.74, 6) is 0. The largest absolute Gasteiger partial charge is 0.356 e. The Bertz CT molecular complexity index is 1380. The fraction of sp³-hybridized carbons (Fsp3) is 0. The van der Waals surface area contributed by atoms with Crippen molar-refractivity contribution in [2.24, 2.45) is 0 Å². The smallest absolute Gasteiger partial charge is 0.274 e. The summed E-state index contributed by atoms with van der Waals surface area (Å²) in [5.41, 5.74) is 3.52. The molecule has 27 heavy (non-hydrogen) atoms. The minimum atomic E-state index is -0.274. The third-order valence-electron chi connectivity index (χ3n) is 4.36. The summed E-state index contributed by atoms with van der Waals surface area (Å²) in [7, 11) is 0.